The normalized spacial score (nSPS) is 12.4. The summed E-state index contributed by atoms with van der Waals surface area (Å²) in [5.41, 5.74) is 4.99. The highest BCUT2D eigenvalue weighted by molar-refractivity contribution is 5.74. The molecule has 16 heavy (non-hydrogen) atoms. The van der Waals surface area contributed by atoms with E-state index in [0.717, 1.165) is 6.54 Å². The first-order valence-corrected chi connectivity index (χ1v) is 5.22. The van der Waals surface area contributed by atoms with Gasteiger partial charge in [0.05, 0.1) is 6.04 Å². The Bertz CT molecular complexity index is 338. The molecule has 0 fully saturated rings. The molecule has 0 bridgehead atoms. The second-order valence-corrected chi connectivity index (χ2v) is 3.37. The second kappa shape index (κ2) is 6.06. The summed E-state index contributed by atoms with van der Waals surface area (Å²) in [6.45, 7) is 5.16. The fourth-order valence-electron chi connectivity index (χ4n) is 1.17. The maximum Gasteiger partial charge on any atom is 0.315 e. The van der Waals surface area contributed by atoms with E-state index in [-0.39, 0.29) is 18.4 Å². The van der Waals surface area contributed by atoms with Crippen molar-refractivity contribution in [3.05, 3.63) is 5.89 Å². The van der Waals surface area contributed by atoms with Gasteiger partial charge in [-0.25, -0.2) is 0 Å². The van der Waals surface area contributed by atoms with E-state index in [0.29, 0.717) is 18.5 Å². The van der Waals surface area contributed by atoms with Crippen molar-refractivity contribution in [2.75, 3.05) is 18.4 Å². The molecule has 1 amide bonds. The van der Waals surface area contributed by atoms with Crippen LogP contribution in [-0.2, 0) is 4.79 Å². The molecule has 0 saturated carbocycles. The molecule has 0 radical (unpaired) electrons. The maximum atomic E-state index is 10.5. The molecule has 0 aliphatic carbocycles. The van der Waals surface area contributed by atoms with Crippen LogP contribution in [0.1, 0.15) is 32.2 Å². The molecule has 0 aliphatic rings. The van der Waals surface area contributed by atoms with E-state index in [1.54, 1.807) is 0 Å². The largest absolute Gasteiger partial charge is 0.406 e. The number of nitrogens with one attached hydrogen (secondary N) is 2. The molecular weight excluding hydrogens is 210 g/mol. The van der Waals surface area contributed by atoms with Crippen LogP contribution < -0.4 is 16.4 Å². The van der Waals surface area contributed by atoms with Gasteiger partial charge in [0.25, 0.3) is 0 Å². The fraction of sp³-hybridized carbons (Fsp3) is 0.667. The minimum absolute atomic E-state index is 0.0178. The number of rotatable bonds is 7. The summed E-state index contributed by atoms with van der Waals surface area (Å²) in [6, 6.07) is 0.324. The lowest BCUT2D eigenvalue weighted by molar-refractivity contribution is -0.117. The summed E-state index contributed by atoms with van der Waals surface area (Å²) in [5, 5.41) is 13.6. The van der Waals surface area contributed by atoms with Gasteiger partial charge in [-0.05, 0) is 13.5 Å². The van der Waals surface area contributed by atoms with Gasteiger partial charge in [0.1, 0.15) is 0 Å². The third-order valence-corrected chi connectivity index (χ3v) is 1.97. The Hall–Kier alpha value is -1.63. The fourth-order valence-corrected chi connectivity index (χ4v) is 1.17. The standard InChI is InChI=1S/C9H17N5O2/c1-3-11-6(2)8-13-14-9(16-8)12-5-4-7(10)15/h6,11H,3-5H2,1-2H3,(H2,10,15)(H,12,14). The summed E-state index contributed by atoms with van der Waals surface area (Å²) in [7, 11) is 0. The van der Waals surface area contributed by atoms with Gasteiger partial charge in [-0.15, -0.1) is 5.10 Å². The highest BCUT2D eigenvalue weighted by atomic mass is 16.4. The van der Waals surface area contributed by atoms with Crippen LogP contribution in [-0.4, -0.2) is 29.2 Å². The number of nitrogens with two attached hydrogens (primary N) is 1. The Morgan fingerprint density at radius 1 is 1.56 bits per heavy atom. The second-order valence-electron chi connectivity index (χ2n) is 3.37. The summed E-state index contributed by atoms with van der Waals surface area (Å²) in [5.74, 6) is 0.150. The van der Waals surface area contributed by atoms with Crippen LogP contribution in [0.15, 0.2) is 4.42 Å². The van der Waals surface area contributed by atoms with Crippen molar-refractivity contribution >= 4 is 11.9 Å². The first kappa shape index (κ1) is 12.4. The van der Waals surface area contributed by atoms with E-state index in [9.17, 15) is 4.79 Å². The Balaban J connectivity index is 2.41. The van der Waals surface area contributed by atoms with Crippen LogP contribution in [0.2, 0.25) is 0 Å². The number of carbonyl (C=O) groups excluding carboxylic acids is 1. The van der Waals surface area contributed by atoms with Crippen molar-refractivity contribution < 1.29 is 9.21 Å². The average Bonchev–Trinajstić information content (AvgIpc) is 2.66. The van der Waals surface area contributed by atoms with Crippen molar-refractivity contribution in [3.8, 4) is 0 Å². The summed E-state index contributed by atoms with van der Waals surface area (Å²) >= 11 is 0. The minimum atomic E-state index is -0.367. The van der Waals surface area contributed by atoms with Gasteiger partial charge in [-0.3, -0.25) is 4.79 Å². The van der Waals surface area contributed by atoms with Crippen LogP contribution in [0.5, 0.6) is 0 Å². The number of aromatic nitrogens is 2. The number of carbonyl (C=O) groups is 1. The number of hydrogen-bond acceptors (Lipinski definition) is 6. The first-order chi connectivity index (χ1) is 7.63. The van der Waals surface area contributed by atoms with E-state index < -0.39 is 0 Å². The van der Waals surface area contributed by atoms with Crippen LogP contribution in [0.4, 0.5) is 6.01 Å². The molecule has 0 aromatic carbocycles. The molecule has 0 aliphatic heterocycles. The number of primary amides is 1. The van der Waals surface area contributed by atoms with Crippen LogP contribution >= 0.6 is 0 Å². The smallest absolute Gasteiger partial charge is 0.315 e. The lowest BCUT2D eigenvalue weighted by Gasteiger charge is -2.05. The van der Waals surface area contributed by atoms with Gasteiger partial charge >= 0.3 is 6.01 Å². The predicted molar refractivity (Wildman–Crippen MR) is 58.7 cm³/mol. The summed E-state index contributed by atoms with van der Waals surface area (Å²) in [4.78, 5) is 10.5. The molecule has 1 aromatic rings. The molecule has 0 spiro atoms. The van der Waals surface area contributed by atoms with Gasteiger partial charge in [0, 0.05) is 13.0 Å². The lowest BCUT2D eigenvalue weighted by Crippen LogP contribution is -2.17. The van der Waals surface area contributed by atoms with E-state index in [1.807, 2.05) is 13.8 Å². The highest BCUT2D eigenvalue weighted by Gasteiger charge is 2.12. The molecule has 7 heteroatoms. The Morgan fingerprint density at radius 3 is 2.94 bits per heavy atom. The van der Waals surface area contributed by atoms with Gasteiger partial charge in [-0.2, -0.15) is 0 Å². The molecule has 7 nitrogen and oxygen atoms in total. The zero-order chi connectivity index (χ0) is 12.0. The van der Waals surface area contributed by atoms with E-state index >= 15 is 0 Å². The highest BCUT2D eigenvalue weighted by Crippen LogP contribution is 2.12. The van der Waals surface area contributed by atoms with Crippen molar-refractivity contribution in [2.24, 2.45) is 5.73 Å². The molecular formula is C9H17N5O2. The Kier molecular flexibility index (Phi) is 4.71. The average molecular weight is 227 g/mol. The predicted octanol–water partition coefficient (Wildman–Crippen LogP) is 0.0274. The van der Waals surface area contributed by atoms with Crippen molar-refractivity contribution in [1.82, 2.24) is 15.5 Å². The molecule has 1 rings (SSSR count). The van der Waals surface area contributed by atoms with Crippen molar-refractivity contribution in [3.63, 3.8) is 0 Å². The third kappa shape index (κ3) is 3.85. The molecule has 1 heterocycles. The lowest BCUT2D eigenvalue weighted by atomic mass is 10.3. The zero-order valence-corrected chi connectivity index (χ0v) is 9.49. The first-order valence-electron chi connectivity index (χ1n) is 5.22. The van der Waals surface area contributed by atoms with E-state index in [1.165, 1.54) is 0 Å². The monoisotopic (exact) mass is 227 g/mol. The van der Waals surface area contributed by atoms with E-state index in [4.69, 9.17) is 10.2 Å². The molecule has 90 valence electrons. The summed E-state index contributed by atoms with van der Waals surface area (Å²) in [6.07, 6.45) is 0.237. The topological polar surface area (TPSA) is 106 Å². The molecule has 1 aromatic heterocycles. The number of anilines is 1. The van der Waals surface area contributed by atoms with Crippen LogP contribution in [0.25, 0.3) is 0 Å². The van der Waals surface area contributed by atoms with Crippen LogP contribution in [0, 0.1) is 0 Å². The molecule has 1 atom stereocenters. The molecule has 0 saturated heterocycles. The van der Waals surface area contributed by atoms with Crippen molar-refractivity contribution in [2.45, 2.75) is 26.3 Å². The number of amides is 1. The van der Waals surface area contributed by atoms with Gasteiger partial charge in [0.2, 0.25) is 11.8 Å². The van der Waals surface area contributed by atoms with E-state index in [2.05, 4.69) is 20.8 Å². The quantitative estimate of drug-likeness (QED) is 0.606. The number of hydrogen-bond donors (Lipinski definition) is 3. The Labute approximate surface area is 93.8 Å². The van der Waals surface area contributed by atoms with Crippen LogP contribution in [0.3, 0.4) is 0 Å². The van der Waals surface area contributed by atoms with Gasteiger partial charge in [-0.1, -0.05) is 12.0 Å². The third-order valence-electron chi connectivity index (χ3n) is 1.97. The Morgan fingerprint density at radius 2 is 2.31 bits per heavy atom. The van der Waals surface area contributed by atoms with Crippen molar-refractivity contribution in [1.29, 1.82) is 0 Å². The van der Waals surface area contributed by atoms with Gasteiger partial charge in [0.15, 0.2) is 0 Å². The molecule has 1 unspecified atom stereocenters. The SMILES string of the molecule is CCNC(C)c1nnc(NCCC(N)=O)o1. The number of nitrogens with zero attached hydrogens (tertiary/aromatic N) is 2. The zero-order valence-electron chi connectivity index (χ0n) is 9.49. The minimum Gasteiger partial charge on any atom is -0.406 e. The molecule has 4 N–H and O–H groups in total. The maximum absolute atomic E-state index is 10.5. The van der Waals surface area contributed by atoms with Gasteiger partial charge < -0.3 is 20.8 Å². The summed E-state index contributed by atoms with van der Waals surface area (Å²) < 4.78 is 5.33.